The molecule has 29 heavy (non-hydrogen) atoms. The van der Waals surface area contributed by atoms with Crippen LogP contribution in [0.4, 0.5) is 5.82 Å². The van der Waals surface area contributed by atoms with E-state index in [0.29, 0.717) is 30.5 Å². The predicted molar refractivity (Wildman–Crippen MR) is 111 cm³/mol. The van der Waals surface area contributed by atoms with Gasteiger partial charge in [-0.15, -0.1) is 0 Å². The number of anilines is 1. The van der Waals surface area contributed by atoms with E-state index < -0.39 is 0 Å². The molecule has 0 saturated carbocycles. The Morgan fingerprint density at radius 1 is 1.07 bits per heavy atom. The second-order valence-electron chi connectivity index (χ2n) is 6.65. The van der Waals surface area contributed by atoms with Crippen molar-refractivity contribution in [2.45, 2.75) is 6.92 Å². The molecule has 1 N–H and O–H groups in total. The molecular formula is C21H23N5O3. The smallest absolute Gasteiger partial charge is 0.248 e. The van der Waals surface area contributed by atoms with E-state index in [1.165, 1.54) is 6.92 Å². The fraction of sp³-hybridized carbons (Fsp3) is 0.238. The quantitative estimate of drug-likeness (QED) is 0.663. The number of rotatable bonds is 7. The van der Waals surface area contributed by atoms with E-state index >= 15 is 0 Å². The Balaban J connectivity index is 1.67. The molecule has 1 aromatic carbocycles. The zero-order valence-electron chi connectivity index (χ0n) is 16.6. The number of aromatic amines is 1. The van der Waals surface area contributed by atoms with Crippen molar-refractivity contribution >= 4 is 11.7 Å². The summed E-state index contributed by atoms with van der Waals surface area (Å²) < 4.78 is 5.81. The normalized spacial score (nSPS) is 10.4. The minimum Gasteiger partial charge on any atom is -0.437 e. The van der Waals surface area contributed by atoms with Gasteiger partial charge >= 0.3 is 0 Å². The number of H-pyrrole nitrogens is 1. The first kappa shape index (κ1) is 20.1. The van der Waals surface area contributed by atoms with Gasteiger partial charge in [-0.05, 0) is 29.3 Å². The van der Waals surface area contributed by atoms with E-state index in [0.717, 1.165) is 11.1 Å². The number of hydrogen-bond acceptors (Lipinski definition) is 6. The summed E-state index contributed by atoms with van der Waals surface area (Å²) in [6.45, 7) is 2.75. The van der Waals surface area contributed by atoms with E-state index in [2.05, 4.69) is 15.0 Å². The second-order valence-corrected chi connectivity index (χ2v) is 6.65. The zero-order valence-corrected chi connectivity index (χ0v) is 16.6. The van der Waals surface area contributed by atoms with Crippen LogP contribution in [-0.2, 0) is 4.79 Å². The van der Waals surface area contributed by atoms with E-state index in [9.17, 15) is 9.59 Å². The van der Waals surface area contributed by atoms with Gasteiger partial charge in [-0.25, -0.2) is 0 Å². The van der Waals surface area contributed by atoms with Crippen molar-refractivity contribution in [3.05, 3.63) is 65.3 Å². The van der Waals surface area contributed by atoms with Crippen LogP contribution >= 0.6 is 0 Å². The number of aromatic nitrogens is 3. The number of nitrogens with zero attached hydrogens (tertiary/aromatic N) is 4. The number of benzene rings is 1. The lowest BCUT2D eigenvalue weighted by atomic mass is 10.1. The number of nitrogens with one attached hydrogen (secondary N) is 1. The first-order valence-electron chi connectivity index (χ1n) is 9.14. The SMILES string of the molecule is CC(=O)N(C)CCN(C)c1cncc(Oc2ccc(-c3cc[nH]c(=O)c3)cc2)n1. The highest BCUT2D eigenvalue weighted by atomic mass is 16.5. The maximum Gasteiger partial charge on any atom is 0.248 e. The highest BCUT2D eigenvalue weighted by Crippen LogP contribution is 2.24. The van der Waals surface area contributed by atoms with Crippen LogP contribution in [0.1, 0.15) is 6.92 Å². The summed E-state index contributed by atoms with van der Waals surface area (Å²) in [5.74, 6) is 1.66. The van der Waals surface area contributed by atoms with Crippen LogP contribution in [0.2, 0.25) is 0 Å². The van der Waals surface area contributed by atoms with Crippen LogP contribution in [0.15, 0.2) is 59.8 Å². The largest absolute Gasteiger partial charge is 0.437 e. The summed E-state index contributed by atoms with van der Waals surface area (Å²) in [6, 6.07) is 10.8. The van der Waals surface area contributed by atoms with Crippen LogP contribution in [-0.4, -0.2) is 52.9 Å². The van der Waals surface area contributed by atoms with Gasteiger partial charge in [-0.1, -0.05) is 12.1 Å². The molecule has 2 aromatic heterocycles. The van der Waals surface area contributed by atoms with Crippen molar-refractivity contribution < 1.29 is 9.53 Å². The Hall–Kier alpha value is -3.68. The Kier molecular flexibility index (Phi) is 6.23. The molecule has 0 unspecified atom stereocenters. The number of pyridine rings is 1. The van der Waals surface area contributed by atoms with Gasteiger partial charge in [0.05, 0.1) is 12.4 Å². The van der Waals surface area contributed by atoms with Gasteiger partial charge in [-0.3, -0.25) is 14.6 Å². The highest BCUT2D eigenvalue weighted by Gasteiger charge is 2.09. The molecule has 0 aliphatic heterocycles. The second kappa shape index (κ2) is 9.01. The number of amides is 1. The molecule has 8 heteroatoms. The lowest BCUT2D eigenvalue weighted by Gasteiger charge is -2.22. The van der Waals surface area contributed by atoms with Gasteiger partial charge in [-0.2, -0.15) is 4.98 Å². The van der Waals surface area contributed by atoms with E-state index in [4.69, 9.17) is 4.74 Å². The van der Waals surface area contributed by atoms with Crippen LogP contribution in [0.5, 0.6) is 11.6 Å². The molecular weight excluding hydrogens is 370 g/mol. The third-order valence-corrected chi connectivity index (χ3v) is 4.48. The van der Waals surface area contributed by atoms with E-state index in [-0.39, 0.29) is 11.5 Å². The minimum absolute atomic E-state index is 0.0186. The molecule has 0 atom stereocenters. The van der Waals surface area contributed by atoms with Crippen LogP contribution in [0.3, 0.4) is 0 Å². The lowest BCUT2D eigenvalue weighted by Crippen LogP contribution is -2.33. The lowest BCUT2D eigenvalue weighted by molar-refractivity contribution is -0.127. The van der Waals surface area contributed by atoms with Crippen molar-refractivity contribution in [3.8, 4) is 22.8 Å². The molecule has 0 aliphatic carbocycles. The van der Waals surface area contributed by atoms with Gasteiger partial charge in [0.25, 0.3) is 0 Å². The molecule has 1 amide bonds. The Bertz CT molecular complexity index is 1030. The Morgan fingerprint density at radius 3 is 2.52 bits per heavy atom. The fourth-order valence-corrected chi connectivity index (χ4v) is 2.60. The maximum atomic E-state index is 11.5. The summed E-state index contributed by atoms with van der Waals surface area (Å²) in [4.78, 5) is 37.6. The molecule has 0 aliphatic rings. The van der Waals surface area contributed by atoms with Gasteiger partial charge in [0.15, 0.2) is 5.82 Å². The van der Waals surface area contributed by atoms with Gasteiger partial charge in [0, 0.05) is 46.4 Å². The van der Waals surface area contributed by atoms with Gasteiger partial charge in [0.2, 0.25) is 17.3 Å². The standard InChI is InChI=1S/C21H23N5O3/c1-15(27)25(2)10-11-26(3)19-13-22-14-21(24-19)29-18-6-4-16(5-7-18)17-8-9-23-20(28)12-17/h4-9,12-14H,10-11H2,1-3H3,(H,23,28). The average Bonchev–Trinajstić information content (AvgIpc) is 2.72. The molecule has 0 saturated heterocycles. The summed E-state index contributed by atoms with van der Waals surface area (Å²) in [5.41, 5.74) is 1.60. The average molecular weight is 393 g/mol. The monoisotopic (exact) mass is 393 g/mol. The third-order valence-electron chi connectivity index (χ3n) is 4.48. The summed E-state index contributed by atoms with van der Waals surface area (Å²) in [7, 11) is 3.65. The molecule has 0 spiro atoms. The Labute approximate surface area is 168 Å². The number of carbonyl (C=O) groups excluding carboxylic acids is 1. The van der Waals surface area contributed by atoms with Crippen molar-refractivity contribution in [1.82, 2.24) is 19.9 Å². The zero-order chi connectivity index (χ0) is 20.8. The van der Waals surface area contributed by atoms with Crippen molar-refractivity contribution in [1.29, 1.82) is 0 Å². The summed E-state index contributed by atoms with van der Waals surface area (Å²) >= 11 is 0. The molecule has 0 radical (unpaired) electrons. The first-order valence-corrected chi connectivity index (χ1v) is 9.14. The predicted octanol–water partition coefficient (Wildman–Crippen LogP) is 2.54. The molecule has 0 fully saturated rings. The first-order chi connectivity index (χ1) is 13.9. The molecule has 8 nitrogen and oxygen atoms in total. The molecule has 2 heterocycles. The third kappa shape index (κ3) is 5.41. The Morgan fingerprint density at radius 2 is 1.83 bits per heavy atom. The number of hydrogen-bond donors (Lipinski definition) is 1. The summed E-state index contributed by atoms with van der Waals surface area (Å²) in [5, 5.41) is 0. The number of ether oxygens (including phenoxy) is 1. The van der Waals surface area contributed by atoms with Crippen LogP contribution in [0.25, 0.3) is 11.1 Å². The van der Waals surface area contributed by atoms with E-state index in [1.807, 2.05) is 42.3 Å². The van der Waals surface area contributed by atoms with Crippen LogP contribution < -0.4 is 15.2 Å². The summed E-state index contributed by atoms with van der Waals surface area (Å²) in [6.07, 6.45) is 4.81. The highest BCUT2D eigenvalue weighted by molar-refractivity contribution is 5.72. The number of likely N-dealkylation sites (N-methyl/N-ethyl adjacent to an activating group) is 2. The number of carbonyl (C=O) groups is 1. The topological polar surface area (TPSA) is 91.4 Å². The molecule has 3 aromatic rings. The van der Waals surface area contributed by atoms with Gasteiger partial charge < -0.3 is 19.5 Å². The van der Waals surface area contributed by atoms with Crippen molar-refractivity contribution in [3.63, 3.8) is 0 Å². The van der Waals surface area contributed by atoms with Crippen molar-refractivity contribution in [2.75, 3.05) is 32.1 Å². The fourth-order valence-electron chi connectivity index (χ4n) is 2.60. The van der Waals surface area contributed by atoms with Crippen LogP contribution in [0, 0.1) is 0 Å². The molecule has 3 rings (SSSR count). The minimum atomic E-state index is -0.145. The maximum absolute atomic E-state index is 11.5. The molecule has 0 bridgehead atoms. The van der Waals surface area contributed by atoms with E-state index in [1.54, 1.807) is 36.6 Å². The molecule has 150 valence electrons. The van der Waals surface area contributed by atoms with Gasteiger partial charge in [0.1, 0.15) is 5.75 Å². The van der Waals surface area contributed by atoms with Crippen molar-refractivity contribution in [2.24, 2.45) is 0 Å².